The van der Waals surface area contributed by atoms with Gasteiger partial charge >= 0.3 is 7.82 Å². The summed E-state index contributed by atoms with van der Waals surface area (Å²) in [6, 6.07) is -0.871. The molecule has 0 bridgehead atoms. The van der Waals surface area contributed by atoms with Crippen molar-refractivity contribution in [3.05, 3.63) is 134 Å². The lowest BCUT2D eigenvalue weighted by Crippen LogP contribution is -2.45. The van der Waals surface area contributed by atoms with Gasteiger partial charge in [-0.2, -0.15) is 0 Å². The number of quaternary nitrogens is 1. The minimum atomic E-state index is -4.37. The molecule has 0 radical (unpaired) electrons. The number of amides is 1. The fourth-order valence-electron chi connectivity index (χ4n) is 8.13. The van der Waals surface area contributed by atoms with Crippen molar-refractivity contribution in [2.75, 3.05) is 40.9 Å². The van der Waals surface area contributed by atoms with Crippen molar-refractivity contribution in [1.29, 1.82) is 0 Å². The number of rotatable bonds is 54. The van der Waals surface area contributed by atoms with Gasteiger partial charge in [0, 0.05) is 6.42 Å². The van der Waals surface area contributed by atoms with E-state index in [9.17, 15) is 19.4 Å². The molecule has 0 aliphatic rings. The Balaban J connectivity index is 4.28. The topological polar surface area (TPSA) is 105 Å². The zero-order chi connectivity index (χ0) is 55.6. The molecule has 9 heteroatoms. The van der Waals surface area contributed by atoms with E-state index in [1.807, 2.05) is 27.2 Å². The maximum Gasteiger partial charge on any atom is 0.472 e. The van der Waals surface area contributed by atoms with Crippen LogP contribution in [0.3, 0.4) is 0 Å². The molecule has 0 rings (SSSR count). The van der Waals surface area contributed by atoms with Gasteiger partial charge in [-0.1, -0.05) is 263 Å². The molecule has 3 atom stereocenters. The van der Waals surface area contributed by atoms with Crippen LogP contribution in [0, 0.1) is 0 Å². The molecule has 434 valence electrons. The summed E-state index contributed by atoms with van der Waals surface area (Å²) in [6.07, 6.45) is 85.5. The van der Waals surface area contributed by atoms with Crippen LogP contribution in [0.15, 0.2) is 134 Å². The van der Waals surface area contributed by atoms with E-state index in [1.165, 1.54) is 96.3 Å². The smallest absolute Gasteiger partial charge is 0.387 e. The van der Waals surface area contributed by atoms with Crippen LogP contribution in [-0.4, -0.2) is 73.4 Å². The molecule has 0 aliphatic carbocycles. The third-order valence-electron chi connectivity index (χ3n) is 12.9. The number of aliphatic hydroxyl groups excluding tert-OH is 1. The molecule has 0 aromatic heterocycles. The van der Waals surface area contributed by atoms with Crippen molar-refractivity contribution in [2.24, 2.45) is 0 Å². The molecule has 3 N–H and O–H groups in total. The standard InChI is InChI=1S/C67H115N2O6P/c1-6-8-10-12-14-16-18-20-22-24-26-27-28-29-30-31-32-33-34-35-36-37-38-39-40-41-43-45-47-49-51-53-55-57-59-61-67(71)68-65(64-75-76(72,73)74-63-62-69(3,4)5)66(70)60-58-56-54-52-50-48-46-44-42-25-23-21-19-17-15-13-11-9-7-2/h8,10,14,16,20,22,26-27,29-30,32-33,35-36,38-39,41,43,47,49,58,60,65-66,70H,6-7,9,11-13,15,17-19,21,23-25,28,31,34,37,40,42,44-46,48,50-57,59,61-64H2,1-5H3,(H-,68,71,72,73)/p+1/b10-8-,16-14-,22-20-,27-26-,30-29-,33-32-,36-35-,39-38-,43-41-,49-47-,60-58+. The van der Waals surface area contributed by atoms with E-state index < -0.39 is 20.0 Å². The van der Waals surface area contributed by atoms with Crippen molar-refractivity contribution in [3.63, 3.8) is 0 Å². The Hall–Kier alpha value is -3.36. The predicted octanol–water partition coefficient (Wildman–Crippen LogP) is 19.1. The minimum absolute atomic E-state index is 0.0492. The lowest BCUT2D eigenvalue weighted by atomic mass is 10.0. The Bertz CT molecular complexity index is 1700. The average Bonchev–Trinajstić information content (AvgIpc) is 3.38. The van der Waals surface area contributed by atoms with Gasteiger partial charge in [0.05, 0.1) is 39.9 Å². The van der Waals surface area contributed by atoms with E-state index in [0.717, 1.165) is 116 Å². The fraction of sp³-hybridized carbons (Fsp3) is 0.657. The normalized spacial score (nSPS) is 14.8. The number of carbonyl (C=O) groups is 1. The summed E-state index contributed by atoms with van der Waals surface area (Å²) in [6.45, 7) is 4.68. The fourth-order valence-corrected chi connectivity index (χ4v) is 8.86. The van der Waals surface area contributed by atoms with Crippen LogP contribution in [0.1, 0.15) is 232 Å². The van der Waals surface area contributed by atoms with Gasteiger partial charge < -0.3 is 19.8 Å². The molecule has 8 nitrogen and oxygen atoms in total. The Morgan fingerprint density at radius 2 is 0.789 bits per heavy atom. The second-order valence-corrected chi connectivity index (χ2v) is 22.8. The van der Waals surface area contributed by atoms with E-state index in [4.69, 9.17) is 9.05 Å². The number of unbranched alkanes of at least 4 members (excludes halogenated alkanes) is 21. The van der Waals surface area contributed by atoms with Crippen molar-refractivity contribution in [2.45, 2.75) is 244 Å². The summed E-state index contributed by atoms with van der Waals surface area (Å²) >= 11 is 0. The third kappa shape index (κ3) is 58.3. The zero-order valence-electron chi connectivity index (χ0n) is 49.4. The molecule has 0 saturated carbocycles. The van der Waals surface area contributed by atoms with E-state index >= 15 is 0 Å². The first-order chi connectivity index (χ1) is 37.0. The monoisotopic (exact) mass is 1080 g/mol. The highest BCUT2D eigenvalue weighted by atomic mass is 31.2. The van der Waals surface area contributed by atoms with Gasteiger partial charge in [-0.05, 0) is 96.3 Å². The molecule has 0 aromatic rings. The number of carbonyl (C=O) groups excluding carboxylic acids is 1. The summed E-state index contributed by atoms with van der Waals surface area (Å²) in [4.78, 5) is 23.3. The SMILES string of the molecule is CC/C=C\C/C=C\C/C=C\C/C=C\C/C=C\C/C=C\C/C=C\C/C=C\C/C=C\C/C=C\CCCCCCC(=O)NC(COP(=O)(O)OCC[N+](C)(C)C)C(O)/C=C/CCCCCCCCCCCCCCCCCCC. The van der Waals surface area contributed by atoms with E-state index in [2.05, 4.69) is 141 Å². The Labute approximate surface area is 468 Å². The average molecular weight is 1080 g/mol. The summed E-state index contributed by atoms with van der Waals surface area (Å²) < 4.78 is 23.7. The van der Waals surface area contributed by atoms with Crippen LogP contribution in [0.4, 0.5) is 0 Å². The van der Waals surface area contributed by atoms with E-state index in [1.54, 1.807) is 6.08 Å². The lowest BCUT2D eigenvalue weighted by molar-refractivity contribution is -0.870. The Morgan fingerprint density at radius 3 is 1.16 bits per heavy atom. The molecule has 0 heterocycles. The van der Waals surface area contributed by atoms with Crippen LogP contribution < -0.4 is 5.32 Å². The van der Waals surface area contributed by atoms with Crippen LogP contribution in [0.25, 0.3) is 0 Å². The van der Waals surface area contributed by atoms with Gasteiger partial charge in [0.25, 0.3) is 0 Å². The molecule has 0 spiro atoms. The van der Waals surface area contributed by atoms with Crippen molar-refractivity contribution in [3.8, 4) is 0 Å². The Morgan fingerprint density at radius 1 is 0.461 bits per heavy atom. The van der Waals surface area contributed by atoms with Crippen LogP contribution >= 0.6 is 7.82 Å². The number of phosphoric acid groups is 1. The third-order valence-corrected chi connectivity index (χ3v) is 13.9. The second kappa shape index (κ2) is 56.4. The molecular weight excluding hydrogens is 960 g/mol. The summed E-state index contributed by atoms with van der Waals surface area (Å²) in [5, 5.41) is 13.9. The summed E-state index contributed by atoms with van der Waals surface area (Å²) in [5.74, 6) is -0.206. The molecule has 3 unspecified atom stereocenters. The number of phosphoric ester groups is 1. The number of allylic oxidation sites excluding steroid dienone is 21. The first-order valence-corrected chi connectivity index (χ1v) is 32.1. The van der Waals surface area contributed by atoms with Crippen molar-refractivity contribution < 1.29 is 32.9 Å². The number of likely N-dealkylation sites (N-methyl/N-ethyl adjacent to an activating group) is 1. The van der Waals surface area contributed by atoms with Crippen LogP contribution in [0.2, 0.25) is 0 Å². The van der Waals surface area contributed by atoms with Crippen molar-refractivity contribution >= 4 is 13.7 Å². The summed E-state index contributed by atoms with van der Waals surface area (Å²) in [7, 11) is 1.54. The molecule has 0 aromatic carbocycles. The van der Waals surface area contributed by atoms with Gasteiger partial charge in [-0.3, -0.25) is 13.8 Å². The molecule has 0 fully saturated rings. The molecule has 0 saturated heterocycles. The number of hydrogen-bond acceptors (Lipinski definition) is 5. The first-order valence-electron chi connectivity index (χ1n) is 30.6. The Kier molecular flexibility index (Phi) is 53.9. The number of nitrogens with one attached hydrogen (secondary N) is 1. The maximum atomic E-state index is 13.0. The molecular formula is C67H116N2O6P+. The highest BCUT2D eigenvalue weighted by Gasteiger charge is 2.27. The molecule has 76 heavy (non-hydrogen) atoms. The van der Waals surface area contributed by atoms with Crippen LogP contribution in [-0.2, 0) is 18.4 Å². The first kappa shape index (κ1) is 72.6. The van der Waals surface area contributed by atoms with Gasteiger partial charge in [0.15, 0.2) is 0 Å². The minimum Gasteiger partial charge on any atom is -0.387 e. The summed E-state index contributed by atoms with van der Waals surface area (Å²) in [5.41, 5.74) is 0. The van der Waals surface area contributed by atoms with Gasteiger partial charge in [-0.25, -0.2) is 4.57 Å². The van der Waals surface area contributed by atoms with Crippen molar-refractivity contribution in [1.82, 2.24) is 5.32 Å². The van der Waals surface area contributed by atoms with E-state index in [0.29, 0.717) is 17.4 Å². The maximum absolute atomic E-state index is 13.0. The quantitative estimate of drug-likeness (QED) is 0.0243. The number of hydrogen-bond donors (Lipinski definition) is 3. The molecule has 1 amide bonds. The lowest BCUT2D eigenvalue weighted by Gasteiger charge is -2.25. The predicted molar refractivity (Wildman–Crippen MR) is 331 cm³/mol. The second-order valence-electron chi connectivity index (χ2n) is 21.3. The van der Waals surface area contributed by atoms with Crippen LogP contribution in [0.5, 0.6) is 0 Å². The largest absolute Gasteiger partial charge is 0.472 e. The highest BCUT2D eigenvalue weighted by molar-refractivity contribution is 7.47. The van der Waals surface area contributed by atoms with Gasteiger partial charge in [0.1, 0.15) is 13.2 Å². The zero-order valence-corrected chi connectivity index (χ0v) is 50.3. The van der Waals surface area contributed by atoms with E-state index in [-0.39, 0.29) is 19.1 Å². The number of nitrogens with zero attached hydrogens (tertiary/aromatic N) is 1. The number of aliphatic hydroxyl groups is 1. The molecule has 0 aliphatic heterocycles. The van der Waals surface area contributed by atoms with Gasteiger partial charge in [0.2, 0.25) is 5.91 Å². The van der Waals surface area contributed by atoms with Gasteiger partial charge in [-0.15, -0.1) is 0 Å². The highest BCUT2D eigenvalue weighted by Crippen LogP contribution is 2.43.